The van der Waals surface area contributed by atoms with Gasteiger partial charge in [0.1, 0.15) is 5.82 Å². The van der Waals surface area contributed by atoms with Crippen LogP contribution in [0.5, 0.6) is 0 Å². The van der Waals surface area contributed by atoms with Crippen molar-refractivity contribution in [2.24, 2.45) is 0 Å². The van der Waals surface area contributed by atoms with Crippen LogP contribution in [0.25, 0.3) is 21.8 Å². The second-order valence-corrected chi connectivity index (χ2v) is 6.99. The molecule has 2 aromatic carbocycles. The van der Waals surface area contributed by atoms with Crippen LogP contribution in [0.4, 0.5) is 23.1 Å². The number of fused-ring (bicyclic) bond motifs is 2. The number of nitrogen functional groups attached to an aromatic ring is 1. The van der Waals surface area contributed by atoms with Gasteiger partial charge in [-0.3, -0.25) is 10.1 Å². The number of nitrogens with two attached hydrogens (primary N) is 1. The van der Waals surface area contributed by atoms with E-state index < -0.39 is 4.92 Å². The molecule has 148 valence electrons. The fraction of sp³-hybridized carbons (Fsp3) is 0.0476. The standard InChI is InChI=1S/C21H17N7O2/c22-20-14(8-12-1-2-17-13(7-12)3-5-23-17)11-25-21(27-20)26-19-10-15(28(29)30)9-18-16(19)4-6-24-18/h1-7,9-11,23-24H,8H2,(H3,22,25,26,27). The Kier molecular flexibility index (Phi) is 4.06. The van der Waals surface area contributed by atoms with E-state index in [1.165, 1.54) is 12.1 Å². The van der Waals surface area contributed by atoms with Gasteiger partial charge in [0.05, 0.1) is 16.1 Å². The zero-order valence-corrected chi connectivity index (χ0v) is 15.7. The Morgan fingerprint density at radius 3 is 2.73 bits per heavy atom. The van der Waals surface area contributed by atoms with Crippen molar-refractivity contribution in [3.63, 3.8) is 0 Å². The highest BCUT2D eigenvalue weighted by Gasteiger charge is 2.14. The molecule has 0 amide bonds. The summed E-state index contributed by atoms with van der Waals surface area (Å²) in [4.78, 5) is 25.7. The van der Waals surface area contributed by atoms with Gasteiger partial charge < -0.3 is 21.0 Å². The first-order valence-corrected chi connectivity index (χ1v) is 9.27. The number of nitro groups is 1. The minimum absolute atomic E-state index is 0.0304. The van der Waals surface area contributed by atoms with Gasteiger partial charge in [-0.2, -0.15) is 4.98 Å². The molecule has 5 N–H and O–H groups in total. The molecule has 5 aromatic rings. The van der Waals surface area contributed by atoms with Crippen LogP contribution in [-0.2, 0) is 6.42 Å². The number of rotatable bonds is 5. The minimum Gasteiger partial charge on any atom is -0.383 e. The number of aromatic amines is 2. The minimum atomic E-state index is -0.439. The molecule has 0 spiro atoms. The second kappa shape index (κ2) is 6.89. The molecule has 0 saturated heterocycles. The van der Waals surface area contributed by atoms with Gasteiger partial charge in [-0.05, 0) is 35.2 Å². The molecule has 0 atom stereocenters. The number of H-pyrrole nitrogens is 2. The Labute approximate surface area is 170 Å². The van der Waals surface area contributed by atoms with Crippen LogP contribution < -0.4 is 11.1 Å². The van der Waals surface area contributed by atoms with Gasteiger partial charge in [0.2, 0.25) is 5.95 Å². The molecule has 30 heavy (non-hydrogen) atoms. The molecule has 0 aliphatic rings. The Morgan fingerprint density at radius 1 is 1.07 bits per heavy atom. The maximum absolute atomic E-state index is 11.2. The van der Waals surface area contributed by atoms with Gasteiger partial charge in [0, 0.05) is 53.6 Å². The van der Waals surface area contributed by atoms with Crippen LogP contribution in [-0.4, -0.2) is 24.9 Å². The maximum Gasteiger partial charge on any atom is 0.273 e. The lowest BCUT2D eigenvalue weighted by Crippen LogP contribution is -2.05. The summed E-state index contributed by atoms with van der Waals surface area (Å²) < 4.78 is 0. The summed E-state index contributed by atoms with van der Waals surface area (Å²) in [5.41, 5.74) is 10.3. The summed E-state index contributed by atoms with van der Waals surface area (Å²) in [6.07, 6.45) is 5.91. The predicted molar refractivity (Wildman–Crippen MR) is 116 cm³/mol. The summed E-state index contributed by atoms with van der Waals surface area (Å²) in [5, 5.41) is 16.2. The first kappa shape index (κ1) is 17.7. The highest BCUT2D eigenvalue weighted by Crippen LogP contribution is 2.30. The average Bonchev–Trinajstić information content (AvgIpc) is 3.38. The van der Waals surface area contributed by atoms with E-state index >= 15 is 0 Å². The fourth-order valence-corrected chi connectivity index (χ4v) is 3.53. The highest BCUT2D eigenvalue weighted by atomic mass is 16.6. The molecule has 0 bridgehead atoms. The fourth-order valence-electron chi connectivity index (χ4n) is 3.53. The van der Waals surface area contributed by atoms with Crippen molar-refractivity contribution in [3.8, 4) is 0 Å². The number of hydrogen-bond acceptors (Lipinski definition) is 6. The van der Waals surface area contributed by atoms with Crippen LogP contribution in [0.15, 0.2) is 61.1 Å². The van der Waals surface area contributed by atoms with Gasteiger partial charge in [-0.15, -0.1) is 0 Å². The molecule has 0 aliphatic carbocycles. The van der Waals surface area contributed by atoms with E-state index in [9.17, 15) is 10.1 Å². The lowest BCUT2D eigenvalue weighted by atomic mass is 10.1. The molecule has 0 radical (unpaired) electrons. The molecule has 0 aliphatic heterocycles. The molecular formula is C21H17N7O2. The van der Waals surface area contributed by atoms with Crippen molar-refractivity contribution in [2.45, 2.75) is 6.42 Å². The van der Waals surface area contributed by atoms with Gasteiger partial charge in [-0.1, -0.05) is 6.07 Å². The van der Waals surface area contributed by atoms with E-state index in [4.69, 9.17) is 5.73 Å². The average molecular weight is 399 g/mol. The van der Waals surface area contributed by atoms with E-state index in [0.29, 0.717) is 23.4 Å². The normalized spacial score (nSPS) is 11.2. The van der Waals surface area contributed by atoms with Crippen LogP contribution in [0.1, 0.15) is 11.1 Å². The monoisotopic (exact) mass is 399 g/mol. The third-order valence-corrected chi connectivity index (χ3v) is 5.02. The molecule has 9 nitrogen and oxygen atoms in total. The van der Waals surface area contributed by atoms with Gasteiger partial charge in [-0.25, -0.2) is 4.98 Å². The Morgan fingerprint density at radius 2 is 1.90 bits per heavy atom. The maximum atomic E-state index is 11.2. The molecule has 9 heteroatoms. The lowest BCUT2D eigenvalue weighted by molar-refractivity contribution is -0.384. The molecular weight excluding hydrogens is 382 g/mol. The third-order valence-electron chi connectivity index (χ3n) is 5.02. The molecule has 3 heterocycles. The van der Waals surface area contributed by atoms with Crippen molar-refractivity contribution in [1.82, 2.24) is 19.9 Å². The van der Waals surface area contributed by atoms with Crippen molar-refractivity contribution in [1.29, 1.82) is 0 Å². The molecule has 0 saturated carbocycles. The van der Waals surface area contributed by atoms with Gasteiger partial charge >= 0.3 is 0 Å². The number of non-ortho nitro benzene ring substituents is 1. The van der Waals surface area contributed by atoms with E-state index in [1.54, 1.807) is 12.4 Å². The van der Waals surface area contributed by atoms with Crippen LogP contribution in [0.3, 0.4) is 0 Å². The summed E-state index contributed by atoms with van der Waals surface area (Å²) in [6.45, 7) is 0. The zero-order valence-electron chi connectivity index (χ0n) is 15.7. The Balaban J connectivity index is 1.43. The third kappa shape index (κ3) is 3.18. The largest absolute Gasteiger partial charge is 0.383 e. The predicted octanol–water partition coefficient (Wildman–Crippen LogP) is 4.26. The van der Waals surface area contributed by atoms with Gasteiger partial charge in [0.25, 0.3) is 5.69 Å². The number of nitro benzene ring substituents is 1. The summed E-state index contributed by atoms with van der Waals surface area (Å²) in [5.74, 6) is 0.637. The SMILES string of the molecule is Nc1nc(Nc2cc([N+](=O)[O-])cc3[nH]ccc23)ncc1Cc1ccc2[nH]ccc2c1. The van der Waals surface area contributed by atoms with Crippen molar-refractivity contribution < 1.29 is 4.92 Å². The first-order chi connectivity index (χ1) is 14.6. The summed E-state index contributed by atoms with van der Waals surface area (Å²) in [6, 6.07) is 13.0. The van der Waals surface area contributed by atoms with Crippen LogP contribution in [0, 0.1) is 10.1 Å². The Hall–Kier alpha value is -4.40. The number of nitrogens with one attached hydrogen (secondary N) is 3. The van der Waals surface area contributed by atoms with Crippen molar-refractivity contribution >= 4 is 44.9 Å². The number of benzene rings is 2. The van der Waals surface area contributed by atoms with Crippen LogP contribution in [0.2, 0.25) is 0 Å². The lowest BCUT2D eigenvalue weighted by Gasteiger charge is -2.10. The molecule has 0 fully saturated rings. The molecule has 0 unspecified atom stereocenters. The van der Waals surface area contributed by atoms with Crippen LogP contribution >= 0.6 is 0 Å². The van der Waals surface area contributed by atoms with E-state index in [1.807, 2.05) is 30.5 Å². The number of aromatic nitrogens is 4. The second-order valence-electron chi connectivity index (χ2n) is 6.99. The number of nitrogens with zero attached hydrogens (tertiary/aromatic N) is 3. The van der Waals surface area contributed by atoms with E-state index in [0.717, 1.165) is 27.4 Å². The van der Waals surface area contributed by atoms with E-state index in [-0.39, 0.29) is 11.6 Å². The summed E-state index contributed by atoms with van der Waals surface area (Å²) >= 11 is 0. The smallest absolute Gasteiger partial charge is 0.273 e. The summed E-state index contributed by atoms with van der Waals surface area (Å²) in [7, 11) is 0. The quantitative estimate of drug-likeness (QED) is 0.257. The first-order valence-electron chi connectivity index (χ1n) is 9.27. The number of hydrogen-bond donors (Lipinski definition) is 4. The molecule has 5 rings (SSSR count). The molecule has 3 aromatic heterocycles. The topological polar surface area (TPSA) is 139 Å². The number of anilines is 3. The highest BCUT2D eigenvalue weighted by molar-refractivity contribution is 5.95. The van der Waals surface area contributed by atoms with Crippen molar-refractivity contribution in [3.05, 3.63) is 82.3 Å². The van der Waals surface area contributed by atoms with E-state index in [2.05, 4.69) is 31.3 Å². The van der Waals surface area contributed by atoms with Gasteiger partial charge in [0.15, 0.2) is 0 Å². The van der Waals surface area contributed by atoms with Crippen molar-refractivity contribution in [2.75, 3.05) is 11.1 Å². The Bertz CT molecular complexity index is 1400. The zero-order chi connectivity index (χ0) is 20.7.